The van der Waals surface area contributed by atoms with E-state index in [2.05, 4.69) is 32.1 Å². The average molecular weight is 238 g/mol. The fourth-order valence-electron chi connectivity index (χ4n) is 1.52. The van der Waals surface area contributed by atoms with Crippen molar-refractivity contribution in [3.63, 3.8) is 0 Å². The van der Waals surface area contributed by atoms with Crippen molar-refractivity contribution < 1.29 is 0 Å². The van der Waals surface area contributed by atoms with E-state index in [0.717, 1.165) is 5.56 Å². The first-order chi connectivity index (χ1) is 8.30. The molecule has 0 amide bonds. The third kappa shape index (κ3) is 3.47. The molecule has 0 aliphatic heterocycles. The van der Waals surface area contributed by atoms with Crippen LogP contribution in [0.15, 0.2) is 36.4 Å². The number of hydrogen-bond donors (Lipinski definition) is 0. The van der Waals surface area contributed by atoms with Crippen LogP contribution < -0.4 is 0 Å². The van der Waals surface area contributed by atoms with Gasteiger partial charge in [0.05, 0.1) is 23.1 Å². The molecule has 0 saturated carbocycles. The summed E-state index contributed by atoms with van der Waals surface area (Å²) >= 11 is 0. The molecule has 1 rings (SSSR count). The maximum atomic E-state index is 8.99. The summed E-state index contributed by atoms with van der Waals surface area (Å²) in [5.41, 5.74) is 1.19. The standard InChI is InChI=1S/C16H18N2/c1-15(2,12-18)9-10-16(3,4)14-7-5-13(11-17)6-8-14/h5-10H,1-4H3/b10-9+. The Morgan fingerprint density at radius 1 is 0.944 bits per heavy atom. The van der Waals surface area contributed by atoms with E-state index in [0.29, 0.717) is 5.56 Å². The Hall–Kier alpha value is -2.06. The molecule has 1 aromatic rings. The van der Waals surface area contributed by atoms with Gasteiger partial charge < -0.3 is 0 Å². The van der Waals surface area contributed by atoms with E-state index in [1.165, 1.54) is 0 Å². The fraction of sp³-hybridized carbons (Fsp3) is 0.375. The third-order valence-corrected chi connectivity index (χ3v) is 2.96. The minimum Gasteiger partial charge on any atom is -0.197 e. The third-order valence-electron chi connectivity index (χ3n) is 2.96. The summed E-state index contributed by atoms with van der Waals surface area (Å²) in [6, 6.07) is 11.9. The van der Waals surface area contributed by atoms with Gasteiger partial charge in [0.1, 0.15) is 0 Å². The van der Waals surface area contributed by atoms with Crippen molar-refractivity contribution in [3.05, 3.63) is 47.5 Å². The molecule has 0 aliphatic carbocycles. The summed E-state index contributed by atoms with van der Waals surface area (Å²) in [4.78, 5) is 0. The van der Waals surface area contributed by atoms with Crippen molar-refractivity contribution in [2.24, 2.45) is 5.41 Å². The predicted octanol–water partition coefficient (Wildman–Crippen LogP) is 3.94. The second kappa shape index (κ2) is 5.07. The Kier molecular flexibility index (Phi) is 3.94. The van der Waals surface area contributed by atoms with Gasteiger partial charge in [-0.1, -0.05) is 38.1 Å². The molecule has 1 aromatic carbocycles. The first kappa shape index (κ1) is 14.0. The molecule has 0 unspecified atom stereocenters. The van der Waals surface area contributed by atoms with Crippen LogP contribution in [0, 0.1) is 28.1 Å². The first-order valence-corrected chi connectivity index (χ1v) is 5.93. The molecule has 0 spiro atoms. The SMILES string of the molecule is CC(C)(C#N)/C=C/C(C)(C)c1ccc(C#N)cc1. The van der Waals surface area contributed by atoms with Crippen LogP contribution in [-0.2, 0) is 5.41 Å². The van der Waals surface area contributed by atoms with Gasteiger partial charge in [-0.2, -0.15) is 10.5 Å². The summed E-state index contributed by atoms with van der Waals surface area (Å²) < 4.78 is 0. The molecular weight excluding hydrogens is 220 g/mol. The summed E-state index contributed by atoms with van der Waals surface area (Å²) in [7, 11) is 0. The van der Waals surface area contributed by atoms with Crippen molar-refractivity contribution in [3.8, 4) is 12.1 Å². The summed E-state index contributed by atoms with van der Waals surface area (Å²) in [6.45, 7) is 7.97. The van der Waals surface area contributed by atoms with Crippen molar-refractivity contribution >= 4 is 0 Å². The lowest BCUT2D eigenvalue weighted by Gasteiger charge is -2.22. The summed E-state index contributed by atoms with van der Waals surface area (Å²) in [6.07, 6.45) is 3.99. The number of allylic oxidation sites excluding steroid dienone is 2. The van der Waals surface area contributed by atoms with Crippen LogP contribution >= 0.6 is 0 Å². The molecule has 2 nitrogen and oxygen atoms in total. The lowest BCUT2D eigenvalue weighted by molar-refractivity contribution is 0.610. The predicted molar refractivity (Wildman–Crippen MR) is 72.7 cm³/mol. The van der Waals surface area contributed by atoms with E-state index >= 15 is 0 Å². The molecule has 0 aliphatic rings. The van der Waals surface area contributed by atoms with Crippen molar-refractivity contribution in [1.82, 2.24) is 0 Å². The van der Waals surface area contributed by atoms with Crippen LogP contribution in [-0.4, -0.2) is 0 Å². The summed E-state index contributed by atoms with van der Waals surface area (Å²) in [5.74, 6) is 0. The van der Waals surface area contributed by atoms with Gasteiger partial charge >= 0.3 is 0 Å². The Morgan fingerprint density at radius 2 is 1.50 bits per heavy atom. The minimum absolute atomic E-state index is 0.151. The number of rotatable bonds is 3. The number of benzene rings is 1. The highest BCUT2D eigenvalue weighted by Crippen LogP contribution is 2.27. The van der Waals surface area contributed by atoms with Crippen molar-refractivity contribution in [2.45, 2.75) is 33.1 Å². The van der Waals surface area contributed by atoms with E-state index in [4.69, 9.17) is 10.5 Å². The zero-order valence-electron chi connectivity index (χ0n) is 11.4. The molecule has 0 atom stereocenters. The molecule has 0 heterocycles. The van der Waals surface area contributed by atoms with Crippen LogP contribution in [0.3, 0.4) is 0 Å². The lowest BCUT2D eigenvalue weighted by Crippen LogP contribution is -2.15. The Bertz CT molecular complexity index is 520. The van der Waals surface area contributed by atoms with Gasteiger partial charge in [-0.15, -0.1) is 0 Å². The Balaban J connectivity index is 3.00. The molecule has 0 bridgehead atoms. The Morgan fingerprint density at radius 3 is 1.94 bits per heavy atom. The summed E-state index contributed by atoms with van der Waals surface area (Å²) in [5, 5.41) is 17.8. The van der Waals surface area contributed by atoms with Crippen molar-refractivity contribution in [2.75, 3.05) is 0 Å². The maximum Gasteiger partial charge on any atom is 0.0991 e. The molecule has 0 saturated heterocycles. The molecule has 0 aromatic heterocycles. The number of nitrogens with zero attached hydrogens (tertiary/aromatic N) is 2. The van der Waals surface area contributed by atoms with E-state index < -0.39 is 5.41 Å². The molecule has 0 fully saturated rings. The van der Waals surface area contributed by atoms with Gasteiger partial charge in [-0.25, -0.2) is 0 Å². The van der Waals surface area contributed by atoms with E-state index in [1.54, 1.807) is 0 Å². The zero-order chi connectivity index (χ0) is 13.8. The van der Waals surface area contributed by atoms with Gasteiger partial charge in [-0.05, 0) is 31.5 Å². The quantitative estimate of drug-likeness (QED) is 0.749. The molecule has 2 heteroatoms. The monoisotopic (exact) mass is 238 g/mol. The topological polar surface area (TPSA) is 47.6 Å². The number of hydrogen-bond acceptors (Lipinski definition) is 2. The average Bonchev–Trinajstić information content (AvgIpc) is 2.37. The second-order valence-electron chi connectivity index (χ2n) is 5.58. The Labute approximate surface area is 109 Å². The fourth-order valence-corrected chi connectivity index (χ4v) is 1.52. The van der Waals surface area contributed by atoms with Gasteiger partial charge in [-0.3, -0.25) is 0 Å². The smallest absolute Gasteiger partial charge is 0.0991 e. The molecule has 92 valence electrons. The van der Waals surface area contributed by atoms with E-state index in [-0.39, 0.29) is 5.41 Å². The largest absolute Gasteiger partial charge is 0.197 e. The highest BCUT2D eigenvalue weighted by atomic mass is 14.3. The van der Waals surface area contributed by atoms with Gasteiger partial charge in [0.25, 0.3) is 0 Å². The van der Waals surface area contributed by atoms with Crippen LogP contribution in [0.2, 0.25) is 0 Å². The molecular formula is C16H18N2. The minimum atomic E-state index is -0.454. The normalized spacial score (nSPS) is 12.1. The van der Waals surface area contributed by atoms with E-state index in [9.17, 15) is 0 Å². The highest BCUT2D eigenvalue weighted by Gasteiger charge is 2.19. The zero-order valence-corrected chi connectivity index (χ0v) is 11.4. The van der Waals surface area contributed by atoms with Crippen LogP contribution in [0.4, 0.5) is 0 Å². The van der Waals surface area contributed by atoms with E-state index in [1.807, 2.05) is 44.2 Å². The first-order valence-electron chi connectivity index (χ1n) is 5.93. The van der Waals surface area contributed by atoms with Gasteiger partial charge in [0.15, 0.2) is 0 Å². The number of nitriles is 2. The van der Waals surface area contributed by atoms with Gasteiger partial charge in [0, 0.05) is 5.41 Å². The van der Waals surface area contributed by atoms with Crippen LogP contribution in [0.1, 0.15) is 38.8 Å². The highest BCUT2D eigenvalue weighted by molar-refractivity contribution is 5.37. The molecule has 18 heavy (non-hydrogen) atoms. The van der Waals surface area contributed by atoms with Crippen LogP contribution in [0.5, 0.6) is 0 Å². The van der Waals surface area contributed by atoms with Crippen LogP contribution in [0.25, 0.3) is 0 Å². The second-order valence-corrected chi connectivity index (χ2v) is 5.58. The molecule has 0 radical (unpaired) electrons. The maximum absolute atomic E-state index is 8.99. The lowest BCUT2D eigenvalue weighted by atomic mass is 9.81. The van der Waals surface area contributed by atoms with Gasteiger partial charge in [0.2, 0.25) is 0 Å². The van der Waals surface area contributed by atoms with Crippen molar-refractivity contribution in [1.29, 1.82) is 10.5 Å². The molecule has 0 N–H and O–H groups in total.